The molecule has 224 valence electrons. The van der Waals surface area contributed by atoms with Crippen molar-refractivity contribution in [2.24, 2.45) is 0 Å². The lowest BCUT2D eigenvalue weighted by atomic mass is 9.95. The van der Waals surface area contributed by atoms with Gasteiger partial charge in [0.25, 0.3) is 0 Å². The van der Waals surface area contributed by atoms with Gasteiger partial charge < -0.3 is 0 Å². The Morgan fingerprint density at radius 3 is 1.77 bits per heavy atom. The Labute approximate surface area is 276 Å². The summed E-state index contributed by atoms with van der Waals surface area (Å²) in [6, 6.07) is 49.4. The Bertz CT molecular complexity index is 2590. The molecule has 0 aliphatic heterocycles. The van der Waals surface area contributed by atoms with E-state index in [-0.39, 0.29) is 0 Å². The predicted molar refractivity (Wildman–Crippen MR) is 193 cm³/mol. The Morgan fingerprint density at radius 1 is 0.375 bits per heavy atom. The number of hydrogen-bond donors (Lipinski definition) is 0. The van der Waals surface area contributed by atoms with Gasteiger partial charge in [-0.25, -0.2) is 29.9 Å². The molecule has 48 heavy (non-hydrogen) atoms. The van der Waals surface area contributed by atoms with E-state index >= 15 is 0 Å². The minimum atomic E-state index is 0.571. The van der Waals surface area contributed by atoms with Crippen molar-refractivity contribution >= 4 is 32.7 Å². The summed E-state index contributed by atoms with van der Waals surface area (Å²) in [6.07, 6.45) is 3.47. The van der Waals surface area contributed by atoms with Gasteiger partial charge in [0.2, 0.25) is 0 Å². The first-order valence-corrected chi connectivity index (χ1v) is 15.8. The molecule has 9 aromatic rings. The summed E-state index contributed by atoms with van der Waals surface area (Å²) >= 11 is 0. The van der Waals surface area contributed by atoms with Crippen LogP contribution in [-0.4, -0.2) is 29.9 Å². The van der Waals surface area contributed by atoms with Crippen LogP contribution in [0, 0.1) is 0 Å². The summed E-state index contributed by atoms with van der Waals surface area (Å²) < 4.78 is 0. The van der Waals surface area contributed by atoms with Gasteiger partial charge in [0.1, 0.15) is 5.69 Å². The Morgan fingerprint density at radius 2 is 1.02 bits per heavy atom. The fourth-order valence-corrected chi connectivity index (χ4v) is 6.26. The molecule has 0 unspecified atom stereocenters. The molecule has 0 fully saturated rings. The van der Waals surface area contributed by atoms with Gasteiger partial charge in [0, 0.05) is 45.2 Å². The third-order valence-electron chi connectivity index (χ3n) is 8.59. The Balaban J connectivity index is 1.29. The molecule has 0 aliphatic carbocycles. The largest absolute Gasteiger partial charge is 0.245 e. The van der Waals surface area contributed by atoms with Crippen molar-refractivity contribution in [2.45, 2.75) is 0 Å². The molecule has 0 saturated carbocycles. The van der Waals surface area contributed by atoms with E-state index in [4.69, 9.17) is 19.9 Å². The zero-order valence-electron chi connectivity index (χ0n) is 25.7. The van der Waals surface area contributed by atoms with E-state index < -0.39 is 0 Å². The molecule has 0 bridgehead atoms. The van der Waals surface area contributed by atoms with Crippen LogP contribution < -0.4 is 0 Å². The minimum Gasteiger partial charge on any atom is -0.245 e. The molecule has 0 atom stereocenters. The highest BCUT2D eigenvalue weighted by Crippen LogP contribution is 2.38. The number of rotatable bonds is 5. The highest BCUT2D eigenvalue weighted by Gasteiger charge is 2.17. The number of pyridine rings is 2. The SMILES string of the molecule is c1ccc(-c2ccc3cc(-c4ccc5c(-c6ccccc6)nc(-c6ccccc6)nc5c4)c4ccc(-c5ncccn5)nc4c3n2)cc1. The molecule has 0 N–H and O–H groups in total. The van der Waals surface area contributed by atoms with E-state index in [2.05, 4.69) is 76.7 Å². The lowest BCUT2D eigenvalue weighted by molar-refractivity contribution is 1.15. The van der Waals surface area contributed by atoms with Crippen molar-refractivity contribution in [1.29, 1.82) is 0 Å². The van der Waals surface area contributed by atoms with E-state index in [0.29, 0.717) is 17.3 Å². The average Bonchev–Trinajstić information content (AvgIpc) is 3.18. The van der Waals surface area contributed by atoms with Crippen LogP contribution in [0.1, 0.15) is 0 Å². The molecule has 9 rings (SSSR count). The van der Waals surface area contributed by atoms with Gasteiger partial charge >= 0.3 is 0 Å². The van der Waals surface area contributed by atoms with Crippen LogP contribution in [0.3, 0.4) is 0 Å². The van der Waals surface area contributed by atoms with Crippen LogP contribution in [0.5, 0.6) is 0 Å². The molecule has 4 heterocycles. The first kappa shape index (κ1) is 27.6. The van der Waals surface area contributed by atoms with Crippen LogP contribution in [-0.2, 0) is 0 Å². The molecule has 6 nitrogen and oxygen atoms in total. The normalized spacial score (nSPS) is 11.3. The van der Waals surface area contributed by atoms with Crippen molar-refractivity contribution in [3.63, 3.8) is 0 Å². The highest BCUT2D eigenvalue weighted by atomic mass is 14.9. The molecule has 5 aromatic carbocycles. The van der Waals surface area contributed by atoms with Gasteiger partial charge in [-0.15, -0.1) is 0 Å². The second kappa shape index (κ2) is 11.6. The summed E-state index contributed by atoms with van der Waals surface area (Å²) in [6.45, 7) is 0. The van der Waals surface area contributed by atoms with Crippen LogP contribution in [0.15, 0.2) is 158 Å². The maximum absolute atomic E-state index is 5.16. The van der Waals surface area contributed by atoms with E-state index in [1.54, 1.807) is 18.5 Å². The van der Waals surface area contributed by atoms with E-state index in [1.807, 2.05) is 72.8 Å². The summed E-state index contributed by atoms with van der Waals surface area (Å²) in [5.74, 6) is 1.26. The second-order valence-electron chi connectivity index (χ2n) is 11.6. The van der Waals surface area contributed by atoms with E-state index in [9.17, 15) is 0 Å². The fraction of sp³-hybridized carbons (Fsp3) is 0. The zero-order chi connectivity index (χ0) is 31.9. The summed E-state index contributed by atoms with van der Waals surface area (Å²) in [4.78, 5) is 29.4. The zero-order valence-corrected chi connectivity index (χ0v) is 25.7. The van der Waals surface area contributed by atoms with Crippen molar-refractivity contribution in [1.82, 2.24) is 29.9 Å². The molecule has 0 amide bonds. The first-order chi connectivity index (χ1) is 23.8. The lowest BCUT2D eigenvalue weighted by Gasteiger charge is -2.14. The van der Waals surface area contributed by atoms with E-state index in [0.717, 1.165) is 71.9 Å². The highest BCUT2D eigenvalue weighted by molar-refractivity contribution is 6.12. The van der Waals surface area contributed by atoms with Gasteiger partial charge in [0.05, 0.1) is 27.9 Å². The third-order valence-corrected chi connectivity index (χ3v) is 8.59. The topological polar surface area (TPSA) is 77.3 Å². The van der Waals surface area contributed by atoms with Crippen LogP contribution in [0.4, 0.5) is 0 Å². The quantitative estimate of drug-likeness (QED) is 0.180. The van der Waals surface area contributed by atoms with Crippen LogP contribution in [0.25, 0.3) is 89.3 Å². The van der Waals surface area contributed by atoms with Crippen molar-refractivity contribution in [3.05, 3.63) is 158 Å². The number of hydrogen-bond acceptors (Lipinski definition) is 6. The van der Waals surface area contributed by atoms with Crippen molar-refractivity contribution in [3.8, 4) is 56.5 Å². The smallest absolute Gasteiger partial charge is 0.178 e. The molecule has 0 saturated heterocycles. The number of aromatic nitrogens is 6. The standard InChI is InChI=1S/C42H26N6/c1-4-11-27(12-5-1)35-21-18-31-25-34(32-20-22-36(42-43-23-10-24-44-42)46-40(32)39(31)45-35)30-17-19-33-37(26-30)47-41(29-15-8-3-9-16-29)48-38(33)28-13-6-2-7-14-28/h1-26H. The van der Waals surface area contributed by atoms with Gasteiger partial charge in [-0.1, -0.05) is 103 Å². The fourth-order valence-electron chi connectivity index (χ4n) is 6.26. The van der Waals surface area contributed by atoms with Gasteiger partial charge in [0.15, 0.2) is 11.6 Å². The number of nitrogens with zero attached hydrogens (tertiary/aromatic N) is 6. The van der Waals surface area contributed by atoms with Gasteiger partial charge in [-0.3, -0.25) is 0 Å². The minimum absolute atomic E-state index is 0.571. The maximum Gasteiger partial charge on any atom is 0.178 e. The van der Waals surface area contributed by atoms with Crippen LogP contribution >= 0.6 is 0 Å². The predicted octanol–water partition coefficient (Wildman–Crippen LogP) is 9.85. The van der Waals surface area contributed by atoms with E-state index in [1.165, 1.54) is 0 Å². The molecule has 4 aromatic heterocycles. The second-order valence-corrected chi connectivity index (χ2v) is 11.6. The molecule has 0 spiro atoms. The summed E-state index contributed by atoms with van der Waals surface area (Å²) in [5, 5.41) is 2.97. The van der Waals surface area contributed by atoms with Crippen molar-refractivity contribution in [2.75, 3.05) is 0 Å². The first-order valence-electron chi connectivity index (χ1n) is 15.8. The number of fused-ring (bicyclic) bond motifs is 4. The summed E-state index contributed by atoms with van der Waals surface area (Å²) in [5.41, 5.74) is 10.1. The monoisotopic (exact) mass is 614 g/mol. The molecular weight excluding hydrogens is 589 g/mol. The number of benzene rings is 5. The molecular formula is C42H26N6. The maximum atomic E-state index is 5.16. The lowest BCUT2D eigenvalue weighted by Crippen LogP contribution is -1.97. The molecule has 0 radical (unpaired) electrons. The van der Waals surface area contributed by atoms with Crippen LogP contribution in [0.2, 0.25) is 0 Å². The van der Waals surface area contributed by atoms with Gasteiger partial charge in [-0.05, 0) is 53.6 Å². The van der Waals surface area contributed by atoms with Crippen molar-refractivity contribution < 1.29 is 0 Å². The van der Waals surface area contributed by atoms with Gasteiger partial charge in [-0.2, -0.15) is 0 Å². The summed E-state index contributed by atoms with van der Waals surface area (Å²) in [7, 11) is 0. The Kier molecular flexibility index (Phi) is 6.68. The Hall–Kier alpha value is -6.66. The molecule has 6 heteroatoms. The third kappa shape index (κ3) is 4.93. The average molecular weight is 615 g/mol. The molecule has 0 aliphatic rings.